The number of carbonyl (C=O) groups is 1. The molecular weight excluding hydrogens is 440 g/mol. The zero-order valence-electron chi connectivity index (χ0n) is 15.1. The summed E-state index contributed by atoms with van der Waals surface area (Å²) in [4.78, 5) is 12.9. The van der Waals surface area contributed by atoms with E-state index in [0.29, 0.717) is 43.9 Å². The molecule has 2 aromatic carbocycles. The first kappa shape index (κ1) is 21.4. The van der Waals surface area contributed by atoms with Crippen LogP contribution in [0.1, 0.15) is 6.92 Å². The molecule has 0 bridgehead atoms. The van der Waals surface area contributed by atoms with E-state index in [1.54, 1.807) is 37.3 Å². The number of nitrogens with zero attached hydrogens (tertiary/aromatic N) is 3. The quantitative estimate of drug-likeness (QED) is 0.395. The van der Waals surface area contributed by atoms with Crippen molar-refractivity contribution in [1.82, 2.24) is 14.9 Å². The normalized spacial score (nSPS) is 12.2. The number of thioether (sulfide) groups is 2. The van der Waals surface area contributed by atoms with Crippen LogP contribution in [0.25, 0.3) is 11.4 Å². The zero-order chi connectivity index (χ0) is 21.0. The third kappa shape index (κ3) is 5.40. The number of rotatable bonds is 7. The summed E-state index contributed by atoms with van der Waals surface area (Å²) in [5.74, 6) is 3.69. The number of nitrogens with one attached hydrogen (secondary N) is 1. The van der Waals surface area contributed by atoms with E-state index < -0.39 is 11.0 Å². The molecule has 0 aliphatic rings. The smallest absolute Gasteiger partial charge is 0.288 e. The molecule has 1 unspecified atom stereocenters. The van der Waals surface area contributed by atoms with Crippen LogP contribution in [0.15, 0.2) is 58.6 Å². The predicted molar refractivity (Wildman–Crippen MR) is 113 cm³/mol. The van der Waals surface area contributed by atoms with Gasteiger partial charge in [-0.05, 0) is 43.3 Å². The van der Waals surface area contributed by atoms with Crippen LogP contribution < -0.4 is 11.2 Å². The number of amides is 1. The Morgan fingerprint density at radius 2 is 1.83 bits per heavy atom. The first-order valence-electron chi connectivity index (χ1n) is 8.33. The topological polar surface area (TPSA) is 85.8 Å². The van der Waals surface area contributed by atoms with Crippen molar-refractivity contribution in [2.24, 2.45) is 0 Å². The standard InChI is InChI=1S/C18H16ClF2N5OS2/c1-10(16(27)23-11-6-8-12(9-7-11)29-17(20)21)28-18-25-24-15(26(18)22)13-4-2-3-5-14(13)19/h2-10,17H,22H2,1H3,(H,23,27). The van der Waals surface area contributed by atoms with Gasteiger partial charge >= 0.3 is 0 Å². The van der Waals surface area contributed by atoms with E-state index in [-0.39, 0.29) is 5.91 Å². The number of nitrogens with two attached hydrogens (primary N) is 1. The van der Waals surface area contributed by atoms with Gasteiger partial charge in [-0.1, -0.05) is 47.3 Å². The van der Waals surface area contributed by atoms with Crippen molar-refractivity contribution in [1.29, 1.82) is 0 Å². The number of aromatic nitrogens is 3. The fourth-order valence-electron chi connectivity index (χ4n) is 2.36. The van der Waals surface area contributed by atoms with E-state index in [2.05, 4.69) is 15.5 Å². The molecule has 0 fully saturated rings. The van der Waals surface area contributed by atoms with Gasteiger partial charge in [-0.25, -0.2) is 4.68 Å². The summed E-state index contributed by atoms with van der Waals surface area (Å²) in [6.07, 6.45) is 0. The van der Waals surface area contributed by atoms with Crippen LogP contribution in [0, 0.1) is 0 Å². The van der Waals surface area contributed by atoms with E-state index in [9.17, 15) is 13.6 Å². The third-order valence-corrected chi connectivity index (χ3v) is 5.89. The van der Waals surface area contributed by atoms with Crippen molar-refractivity contribution in [3.63, 3.8) is 0 Å². The van der Waals surface area contributed by atoms with Crippen LogP contribution in [0.3, 0.4) is 0 Å². The second kappa shape index (κ2) is 9.47. The van der Waals surface area contributed by atoms with Gasteiger partial charge in [0.15, 0.2) is 5.82 Å². The Bertz CT molecular complexity index is 1000. The monoisotopic (exact) mass is 455 g/mol. The molecule has 11 heteroatoms. The second-order valence-corrected chi connectivity index (χ2v) is 8.59. The Morgan fingerprint density at radius 1 is 1.14 bits per heavy atom. The highest BCUT2D eigenvalue weighted by Gasteiger charge is 2.21. The maximum Gasteiger partial charge on any atom is 0.288 e. The molecule has 0 aliphatic heterocycles. The molecule has 29 heavy (non-hydrogen) atoms. The maximum absolute atomic E-state index is 12.4. The summed E-state index contributed by atoms with van der Waals surface area (Å²) in [7, 11) is 0. The summed E-state index contributed by atoms with van der Waals surface area (Å²) in [6, 6.07) is 13.3. The maximum atomic E-state index is 12.4. The van der Waals surface area contributed by atoms with Gasteiger partial charge in [0, 0.05) is 16.1 Å². The number of carbonyl (C=O) groups excluding carboxylic acids is 1. The first-order chi connectivity index (χ1) is 13.8. The highest BCUT2D eigenvalue weighted by atomic mass is 35.5. The molecule has 3 aromatic rings. The average molecular weight is 456 g/mol. The molecule has 3 N–H and O–H groups in total. The number of nitrogen functional groups attached to an aromatic ring is 1. The number of hydrogen-bond acceptors (Lipinski definition) is 6. The molecule has 1 amide bonds. The molecule has 3 rings (SSSR count). The van der Waals surface area contributed by atoms with E-state index in [4.69, 9.17) is 17.4 Å². The van der Waals surface area contributed by atoms with Gasteiger partial charge in [-0.3, -0.25) is 4.79 Å². The molecule has 1 heterocycles. The van der Waals surface area contributed by atoms with E-state index >= 15 is 0 Å². The Hall–Kier alpha value is -2.30. The Kier molecular flexibility index (Phi) is 6.99. The highest BCUT2D eigenvalue weighted by Crippen LogP contribution is 2.30. The van der Waals surface area contributed by atoms with Crippen LogP contribution in [0.4, 0.5) is 14.5 Å². The predicted octanol–water partition coefficient (Wildman–Crippen LogP) is 4.75. The number of halogens is 3. The van der Waals surface area contributed by atoms with Gasteiger partial charge in [-0.2, -0.15) is 8.78 Å². The minimum Gasteiger partial charge on any atom is -0.335 e. The van der Waals surface area contributed by atoms with Crippen LogP contribution in [0.5, 0.6) is 0 Å². The molecule has 0 saturated carbocycles. The van der Waals surface area contributed by atoms with Crippen molar-refractivity contribution in [2.45, 2.75) is 28.0 Å². The molecule has 6 nitrogen and oxygen atoms in total. The molecule has 1 aromatic heterocycles. The van der Waals surface area contributed by atoms with Gasteiger partial charge in [0.2, 0.25) is 11.1 Å². The van der Waals surface area contributed by atoms with Crippen molar-refractivity contribution in [2.75, 3.05) is 11.2 Å². The number of benzene rings is 2. The fourth-order valence-corrected chi connectivity index (χ4v) is 3.85. The average Bonchev–Trinajstić information content (AvgIpc) is 3.03. The van der Waals surface area contributed by atoms with Gasteiger partial charge in [0.25, 0.3) is 5.76 Å². The molecule has 0 spiro atoms. The van der Waals surface area contributed by atoms with Crippen molar-refractivity contribution in [3.8, 4) is 11.4 Å². The van der Waals surface area contributed by atoms with Crippen LogP contribution in [-0.4, -0.2) is 31.8 Å². The van der Waals surface area contributed by atoms with Crippen LogP contribution >= 0.6 is 35.1 Å². The fraction of sp³-hybridized carbons (Fsp3) is 0.167. The number of anilines is 1. The molecule has 1 atom stereocenters. The van der Waals surface area contributed by atoms with E-state index in [0.717, 1.165) is 11.8 Å². The lowest BCUT2D eigenvalue weighted by atomic mass is 10.2. The Labute approximate surface area is 179 Å². The van der Waals surface area contributed by atoms with Gasteiger partial charge in [0.1, 0.15) is 0 Å². The minimum atomic E-state index is -2.49. The third-order valence-electron chi connectivity index (χ3n) is 3.78. The molecule has 0 aliphatic carbocycles. The summed E-state index contributed by atoms with van der Waals surface area (Å²) in [5.41, 5.74) is 1.14. The summed E-state index contributed by atoms with van der Waals surface area (Å²) < 4.78 is 26.0. The van der Waals surface area contributed by atoms with Gasteiger partial charge < -0.3 is 11.2 Å². The van der Waals surface area contributed by atoms with E-state index in [1.807, 2.05) is 6.07 Å². The lowest BCUT2D eigenvalue weighted by molar-refractivity contribution is -0.115. The van der Waals surface area contributed by atoms with Gasteiger partial charge in [0.05, 0.1) is 10.3 Å². The number of hydrogen-bond donors (Lipinski definition) is 2. The first-order valence-corrected chi connectivity index (χ1v) is 10.5. The largest absolute Gasteiger partial charge is 0.335 e. The van der Waals surface area contributed by atoms with Crippen LogP contribution in [-0.2, 0) is 4.79 Å². The summed E-state index contributed by atoms with van der Waals surface area (Å²) in [5, 5.41) is 11.1. The lowest BCUT2D eigenvalue weighted by Crippen LogP contribution is -2.23. The second-order valence-electron chi connectivity index (χ2n) is 5.81. The summed E-state index contributed by atoms with van der Waals surface area (Å²) in [6.45, 7) is 1.70. The Balaban J connectivity index is 1.65. The molecule has 0 radical (unpaired) electrons. The molecular formula is C18H16ClF2N5OS2. The minimum absolute atomic E-state index is 0.286. The van der Waals surface area contributed by atoms with Gasteiger partial charge in [-0.15, -0.1) is 10.2 Å². The van der Waals surface area contributed by atoms with Crippen LogP contribution in [0.2, 0.25) is 5.02 Å². The molecule has 0 saturated heterocycles. The summed E-state index contributed by atoms with van der Waals surface area (Å²) >= 11 is 7.76. The molecule has 152 valence electrons. The lowest BCUT2D eigenvalue weighted by Gasteiger charge is -2.12. The van der Waals surface area contributed by atoms with E-state index in [1.165, 1.54) is 16.8 Å². The zero-order valence-corrected chi connectivity index (χ0v) is 17.4. The van der Waals surface area contributed by atoms with Crippen molar-refractivity contribution < 1.29 is 13.6 Å². The van der Waals surface area contributed by atoms with Crippen molar-refractivity contribution >= 4 is 46.7 Å². The SMILES string of the molecule is CC(Sc1nnc(-c2ccccc2Cl)n1N)C(=O)Nc1ccc(SC(F)F)cc1. The Morgan fingerprint density at radius 3 is 2.48 bits per heavy atom. The number of alkyl halides is 2. The van der Waals surface area contributed by atoms with Crippen molar-refractivity contribution in [3.05, 3.63) is 53.6 Å². The highest BCUT2D eigenvalue weighted by molar-refractivity contribution is 8.00.